The molecule has 1 heterocycles. The highest BCUT2D eigenvalue weighted by Gasteiger charge is 2.24. The van der Waals surface area contributed by atoms with E-state index in [0.717, 1.165) is 12.1 Å². The molecule has 4 nitrogen and oxygen atoms in total. The molecule has 0 spiro atoms. The Morgan fingerprint density at radius 1 is 1.42 bits per heavy atom. The summed E-state index contributed by atoms with van der Waals surface area (Å²) in [4.78, 5) is 13.6. The van der Waals surface area contributed by atoms with E-state index in [0.29, 0.717) is 26.2 Å². The average Bonchev–Trinajstić information content (AvgIpc) is 2.41. The maximum Gasteiger partial charge on any atom is 0.254 e. The highest BCUT2D eigenvalue weighted by Crippen LogP contribution is 2.13. The average molecular weight is 293 g/mol. The van der Waals surface area contributed by atoms with Crippen LogP contribution in [0.3, 0.4) is 0 Å². The number of nitrogens with zero attached hydrogens (tertiary/aromatic N) is 1. The number of hydrogen-bond acceptors (Lipinski definition) is 3. The van der Waals surface area contributed by atoms with Gasteiger partial charge in [0, 0.05) is 25.2 Å². The van der Waals surface area contributed by atoms with Gasteiger partial charge in [-0.3, -0.25) is 4.79 Å². The van der Waals surface area contributed by atoms with Gasteiger partial charge in [-0.2, -0.15) is 0 Å². The number of amides is 1. The number of halogens is 3. The molecule has 1 aliphatic rings. The number of rotatable bonds is 2. The predicted molar refractivity (Wildman–Crippen MR) is 68.3 cm³/mol. The Hall–Kier alpha value is -1.24. The lowest BCUT2D eigenvalue weighted by molar-refractivity contribution is -0.0167. The lowest BCUT2D eigenvalue weighted by Gasteiger charge is -2.32. The van der Waals surface area contributed by atoms with E-state index < -0.39 is 11.6 Å². The summed E-state index contributed by atoms with van der Waals surface area (Å²) in [6.07, 6.45) is -0.201. The van der Waals surface area contributed by atoms with Crippen LogP contribution in [0.15, 0.2) is 18.2 Å². The maximum atomic E-state index is 13.1. The van der Waals surface area contributed by atoms with E-state index in [1.165, 1.54) is 11.0 Å². The summed E-state index contributed by atoms with van der Waals surface area (Å²) < 4.78 is 31.2. The van der Waals surface area contributed by atoms with Gasteiger partial charge in [-0.1, -0.05) is 0 Å². The van der Waals surface area contributed by atoms with E-state index in [-0.39, 0.29) is 30.0 Å². The van der Waals surface area contributed by atoms with Crippen LogP contribution in [0.4, 0.5) is 8.78 Å². The van der Waals surface area contributed by atoms with Gasteiger partial charge in [-0.05, 0) is 18.2 Å². The molecule has 1 atom stereocenters. The van der Waals surface area contributed by atoms with Crippen LogP contribution in [0.5, 0.6) is 0 Å². The fourth-order valence-corrected chi connectivity index (χ4v) is 1.86. The number of hydrogen-bond donors (Lipinski definition) is 1. The van der Waals surface area contributed by atoms with Gasteiger partial charge < -0.3 is 15.4 Å². The molecule has 1 fully saturated rings. The number of benzene rings is 1. The van der Waals surface area contributed by atoms with E-state index in [1.807, 2.05) is 0 Å². The summed E-state index contributed by atoms with van der Waals surface area (Å²) in [5, 5.41) is 0. The van der Waals surface area contributed by atoms with Crippen LogP contribution in [0.2, 0.25) is 0 Å². The van der Waals surface area contributed by atoms with Crippen LogP contribution in [0, 0.1) is 11.6 Å². The van der Waals surface area contributed by atoms with Crippen molar-refractivity contribution in [3.05, 3.63) is 35.4 Å². The van der Waals surface area contributed by atoms with Crippen molar-refractivity contribution in [2.45, 2.75) is 6.10 Å². The third kappa shape index (κ3) is 3.62. The van der Waals surface area contributed by atoms with Gasteiger partial charge in [0.2, 0.25) is 0 Å². The Morgan fingerprint density at radius 3 is 2.79 bits per heavy atom. The molecular formula is C12H15ClF2N2O2. The first kappa shape index (κ1) is 15.8. The SMILES string of the molecule is Cl.NCC1CN(C(=O)c2ccc(F)c(F)c2)CCO1. The van der Waals surface area contributed by atoms with Crippen molar-refractivity contribution in [2.75, 3.05) is 26.2 Å². The fourth-order valence-electron chi connectivity index (χ4n) is 1.86. The third-order valence-electron chi connectivity index (χ3n) is 2.86. The van der Waals surface area contributed by atoms with Gasteiger partial charge in [0.1, 0.15) is 0 Å². The van der Waals surface area contributed by atoms with Crippen LogP contribution in [0.25, 0.3) is 0 Å². The van der Waals surface area contributed by atoms with Crippen LogP contribution in [0.1, 0.15) is 10.4 Å². The van der Waals surface area contributed by atoms with E-state index in [4.69, 9.17) is 10.5 Å². The van der Waals surface area contributed by atoms with Gasteiger partial charge in [0.15, 0.2) is 11.6 Å². The minimum Gasteiger partial charge on any atom is -0.373 e. The summed E-state index contributed by atoms with van der Waals surface area (Å²) in [6, 6.07) is 3.13. The van der Waals surface area contributed by atoms with E-state index in [9.17, 15) is 13.6 Å². The monoisotopic (exact) mass is 292 g/mol. The van der Waals surface area contributed by atoms with Crippen molar-refractivity contribution in [2.24, 2.45) is 5.73 Å². The van der Waals surface area contributed by atoms with Crippen molar-refractivity contribution in [3.8, 4) is 0 Å². The molecule has 0 radical (unpaired) electrons. The number of morpholine rings is 1. The molecule has 2 rings (SSSR count). The lowest BCUT2D eigenvalue weighted by Crippen LogP contribution is -2.48. The highest BCUT2D eigenvalue weighted by atomic mass is 35.5. The normalized spacial score (nSPS) is 18.9. The number of carbonyl (C=O) groups is 1. The Morgan fingerprint density at radius 2 is 2.16 bits per heavy atom. The predicted octanol–water partition coefficient (Wildman–Crippen LogP) is 1.19. The molecule has 1 amide bonds. The van der Waals surface area contributed by atoms with Crippen LogP contribution < -0.4 is 5.73 Å². The summed E-state index contributed by atoms with van der Waals surface area (Å²) in [7, 11) is 0. The van der Waals surface area contributed by atoms with Gasteiger partial charge in [-0.15, -0.1) is 12.4 Å². The zero-order valence-electron chi connectivity index (χ0n) is 10.1. The molecule has 2 N–H and O–H groups in total. The summed E-state index contributed by atoms with van der Waals surface area (Å²) in [5.41, 5.74) is 5.61. The third-order valence-corrected chi connectivity index (χ3v) is 2.86. The molecule has 0 aromatic heterocycles. The molecule has 0 aliphatic carbocycles. The van der Waals surface area contributed by atoms with E-state index in [2.05, 4.69) is 0 Å². The van der Waals surface area contributed by atoms with E-state index in [1.54, 1.807) is 0 Å². The van der Waals surface area contributed by atoms with Crippen molar-refractivity contribution in [1.82, 2.24) is 4.90 Å². The summed E-state index contributed by atoms with van der Waals surface area (Å²) in [5.74, 6) is -2.33. The number of nitrogens with two attached hydrogens (primary N) is 1. The van der Waals surface area contributed by atoms with Crippen molar-refractivity contribution in [1.29, 1.82) is 0 Å². The topological polar surface area (TPSA) is 55.6 Å². The lowest BCUT2D eigenvalue weighted by atomic mass is 10.1. The standard InChI is InChI=1S/C12H14F2N2O2.ClH/c13-10-2-1-8(5-11(10)14)12(17)16-3-4-18-9(6-15)7-16;/h1-2,5,9H,3-4,6-7,15H2;1H. The smallest absolute Gasteiger partial charge is 0.254 e. The molecule has 7 heteroatoms. The molecule has 0 saturated carbocycles. The number of ether oxygens (including phenoxy) is 1. The summed E-state index contributed by atoms with van der Waals surface area (Å²) in [6.45, 7) is 1.52. The Balaban J connectivity index is 0.00000180. The molecule has 1 aliphatic heterocycles. The minimum atomic E-state index is -1.02. The second kappa shape index (κ2) is 6.79. The van der Waals surface area contributed by atoms with Gasteiger partial charge in [0.05, 0.1) is 12.7 Å². The molecular weight excluding hydrogens is 278 g/mol. The first-order chi connectivity index (χ1) is 8.61. The van der Waals surface area contributed by atoms with Gasteiger partial charge >= 0.3 is 0 Å². The van der Waals surface area contributed by atoms with Crippen LogP contribution in [-0.4, -0.2) is 43.2 Å². The molecule has 1 aromatic rings. The molecule has 0 bridgehead atoms. The minimum absolute atomic E-state index is 0. The summed E-state index contributed by atoms with van der Waals surface area (Å²) >= 11 is 0. The molecule has 1 saturated heterocycles. The van der Waals surface area contributed by atoms with Gasteiger partial charge in [-0.25, -0.2) is 8.78 Å². The number of carbonyl (C=O) groups excluding carboxylic acids is 1. The Bertz CT molecular complexity index is 459. The highest BCUT2D eigenvalue weighted by molar-refractivity contribution is 5.94. The Labute approximate surface area is 115 Å². The van der Waals surface area contributed by atoms with Crippen molar-refractivity contribution in [3.63, 3.8) is 0 Å². The Kier molecular flexibility index (Phi) is 5.65. The fraction of sp³-hybridized carbons (Fsp3) is 0.417. The second-order valence-electron chi connectivity index (χ2n) is 4.11. The molecule has 19 heavy (non-hydrogen) atoms. The van der Waals surface area contributed by atoms with Crippen LogP contribution >= 0.6 is 12.4 Å². The first-order valence-corrected chi connectivity index (χ1v) is 5.68. The quantitative estimate of drug-likeness (QED) is 0.891. The van der Waals surface area contributed by atoms with Crippen molar-refractivity contribution >= 4 is 18.3 Å². The largest absolute Gasteiger partial charge is 0.373 e. The zero-order valence-corrected chi connectivity index (χ0v) is 11.0. The molecule has 1 unspecified atom stereocenters. The molecule has 1 aromatic carbocycles. The maximum absolute atomic E-state index is 13.1. The second-order valence-corrected chi connectivity index (χ2v) is 4.11. The molecule has 106 valence electrons. The van der Waals surface area contributed by atoms with E-state index >= 15 is 0 Å². The first-order valence-electron chi connectivity index (χ1n) is 5.68. The van der Waals surface area contributed by atoms with Crippen LogP contribution in [-0.2, 0) is 4.74 Å². The zero-order chi connectivity index (χ0) is 13.1. The van der Waals surface area contributed by atoms with Crippen molar-refractivity contribution < 1.29 is 18.3 Å². The van der Waals surface area contributed by atoms with Gasteiger partial charge in [0.25, 0.3) is 5.91 Å².